The maximum atomic E-state index is 11.7. The van der Waals surface area contributed by atoms with Crippen LogP contribution >= 0.6 is 0 Å². The molecule has 4 heteroatoms. The van der Waals surface area contributed by atoms with Crippen LogP contribution in [0.15, 0.2) is 18.2 Å². The largest absolute Gasteiger partial charge is 0.406 e. The predicted molar refractivity (Wildman–Crippen MR) is 66.8 cm³/mol. The zero-order chi connectivity index (χ0) is 12.1. The minimum Gasteiger partial charge on any atom is -0.315 e. The number of urea groups is 1. The summed E-state index contributed by atoms with van der Waals surface area (Å²) in [7, 11) is 0. The monoisotopic (exact) mass is 234 g/mol. The Balaban J connectivity index is 1.84. The number of anilines is 1. The molecule has 0 radical (unpaired) electrons. The Bertz CT molecular complexity index is 386. The molecule has 1 aliphatic carbocycles. The van der Waals surface area contributed by atoms with Gasteiger partial charge in [0.05, 0.1) is 5.69 Å². The van der Waals surface area contributed by atoms with Crippen LogP contribution in [-0.4, -0.2) is 12.1 Å². The second-order valence-electron chi connectivity index (χ2n) is 4.68. The molecule has 0 unspecified atom stereocenters. The van der Waals surface area contributed by atoms with Gasteiger partial charge in [-0.25, -0.2) is 9.78 Å². The number of carbonyl (C=O) groups excluding carboxylic acids is 1. The summed E-state index contributed by atoms with van der Waals surface area (Å²) in [5, 5.41) is 5.84. The number of nitrogens with one attached hydrogen (secondary N) is 3. The molecule has 0 bridgehead atoms. The standard InChI is InChI=1S/C13H19N3O/c1-10-6-5-9-12(14-10)16-13(17)15-11-7-3-2-4-8-11/h5-6,9,11H,2-4,7-8H2,1H3,(H2,14,15,16,17)/p+1. The molecule has 1 heterocycles. The molecule has 1 aromatic rings. The van der Waals surface area contributed by atoms with E-state index in [9.17, 15) is 4.79 Å². The van der Waals surface area contributed by atoms with Crippen molar-refractivity contribution in [3.05, 3.63) is 23.9 Å². The van der Waals surface area contributed by atoms with E-state index in [0.29, 0.717) is 6.04 Å². The highest BCUT2D eigenvalue weighted by Crippen LogP contribution is 2.17. The number of aromatic amines is 1. The first-order valence-corrected chi connectivity index (χ1v) is 6.30. The predicted octanol–water partition coefficient (Wildman–Crippen LogP) is 2.26. The molecule has 3 N–H and O–H groups in total. The van der Waals surface area contributed by atoms with E-state index in [2.05, 4.69) is 15.6 Å². The Morgan fingerprint density at radius 3 is 2.76 bits per heavy atom. The normalized spacial score (nSPS) is 16.5. The van der Waals surface area contributed by atoms with Gasteiger partial charge in [0.1, 0.15) is 0 Å². The highest BCUT2D eigenvalue weighted by molar-refractivity contribution is 5.87. The third-order valence-corrected chi connectivity index (χ3v) is 3.13. The second kappa shape index (κ2) is 5.66. The Morgan fingerprint density at radius 2 is 2.06 bits per heavy atom. The fraction of sp³-hybridized carbons (Fsp3) is 0.538. The summed E-state index contributed by atoms with van der Waals surface area (Å²) in [6.07, 6.45) is 5.95. The van der Waals surface area contributed by atoms with Crippen LogP contribution in [0, 0.1) is 6.92 Å². The van der Waals surface area contributed by atoms with Crippen LogP contribution in [0.1, 0.15) is 37.8 Å². The fourth-order valence-electron chi connectivity index (χ4n) is 2.25. The van der Waals surface area contributed by atoms with Gasteiger partial charge in [-0.15, -0.1) is 0 Å². The second-order valence-corrected chi connectivity index (χ2v) is 4.68. The molecule has 0 aromatic carbocycles. The van der Waals surface area contributed by atoms with Crippen LogP contribution in [0.5, 0.6) is 0 Å². The quantitative estimate of drug-likeness (QED) is 0.810. The molecule has 1 saturated carbocycles. The van der Waals surface area contributed by atoms with Crippen LogP contribution in [0.4, 0.5) is 10.6 Å². The lowest BCUT2D eigenvalue weighted by atomic mass is 9.96. The molecule has 1 aromatic heterocycles. The average Bonchev–Trinajstić information content (AvgIpc) is 2.30. The van der Waals surface area contributed by atoms with E-state index in [1.165, 1.54) is 19.3 Å². The molecule has 0 atom stereocenters. The van der Waals surface area contributed by atoms with Crippen molar-refractivity contribution >= 4 is 11.8 Å². The first-order valence-electron chi connectivity index (χ1n) is 6.30. The van der Waals surface area contributed by atoms with E-state index in [0.717, 1.165) is 24.4 Å². The molecule has 17 heavy (non-hydrogen) atoms. The number of rotatable bonds is 2. The number of aromatic nitrogens is 1. The molecular formula is C13H20N3O+. The van der Waals surface area contributed by atoms with Crippen LogP contribution in [0.25, 0.3) is 0 Å². The number of hydrogen-bond acceptors (Lipinski definition) is 1. The minimum absolute atomic E-state index is 0.112. The van der Waals surface area contributed by atoms with Gasteiger partial charge in [0.15, 0.2) is 0 Å². The van der Waals surface area contributed by atoms with Crippen molar-refractivity contribution in [2.45, 2.75) is 45.1 Å². The van der Waals surface area contributed by atoms with Gasteiger partial charge in [-0.2, -0.15) is 5.32 Å². The molecule has 0 aliphatic heterocycles. The van der Waals surface area contributed by atoms with Crippen molar-refractivity contribution in [3.63, 3.8) is 0 Å². The summed E-state index contributed by atoms with van der Waals surface area (Å²) in [4.78, 5) is 14.9. The van der Waals surface area contributed by atoms with Crippen molar-refractivity contribution in [2.75, 3.05) is 5.32 Å². The minimum atomic E-state index is -0.112. The van der Waals surface area contributed by atoms with Gasteiger partial charge < -0.3 is 5.32 Å². The Kier molecular flexibility index (Phi) is 3.96. The van der Waals surface area contributed by atoms with E-state index >= 15 is 0 Å². The third-order valence-electron chi connectivity index (χ3n) is 3.13. The van der Waals surface area contributed by atoms with Crippen LogP contribution in [-0.2, 0) is 0 Å². The summed E-state index contributed by atoms with van der Waals surface area (Å²) >= 11 is 0. The maximum absolute atomic E-state index is 11.7. The molecule has 1 fully saturated rings. The Morgan fingerprint density at radius 1 is 1.29 bits per heavy atom. The zero-order valence-electron chi connectivity index (χ0n) is 10.3. The highest BCUT2D eigenvalue weighted by Gasteiger charge is 2.18. The lowest BCUT2D eigenvalue weighted by Crippen LogP contribution is -2.40. The average molecular weight is 234 g/mol. The van der Waals surface area contributed by atoms with Crippen molar-refractivity contribution in [3.8, 4) is 0 Å². The van der Waals surface area contributed by atoms with Gasteiger partial charge in [-0.3, -0.25) is 0 Å². The van der Waals surface area contributed by atoms with Gasteiger partial charge in [0.2, 0.25) is 0 Å². The van der Waals surface area contributed by atoms with E-state index in [4.69, 9.17) is 0 Å². The third kappa shape index (κ3) is 3.73. The van der Waals surface area contributed by atoms with Crippen molar-refractivity contribution in [2.24, 2.45) is 0 Å². The summed E-state index contributed by atoms with van der Waals surface area (Å²) in [5.74, 6) is 0.735. The number of carbonyl (C=O) groups is 1. The molecule has 2 amide bonds. The fourth-order valence-corrected chi connectivity index (χ4v) is 2.25. The lowest BCUT2D eigenvalue weighted by Gasteiger charge is -2.21. The van der Waals surface area contributed by atoms with Crippen molar-refractivity contribution < 1.29 is 9.78 Å². The molecular weight excluding hydrogens is 214 g/mol. The van der Waals surface area contributed by atoms with Gasteiger partial charge in [0.25, 0.3) is 5.82 Å². The summed E-state index contributed by atoms with van der Waals surface area (Å²) in [6, 6.07) is 5.96. The molecule has 92 valence electrons. The summed E-state index contributed by atoms with van der Waals surface area (Å²) in [6.45, 7) is 1.96. The topological polar surface area (TPSA) is 55.3 Å². The molecule has 1 aliphatic rings. The smallest absolute Gasteiger partial charge is 0.315 e. The Hall–Kier alpha value is -1.58. The lowest BCUT2D eigenvalue weighted by molar-refractivity contribution is -0.370. The zero-order valence-corrected chi connectivity index (χ0v) is 10.3. The number of pyridine rings is 1. The van der Waals surface area contributed by atoms with Gasteiger partial charge in [0, 0.05) is 12.1 Å². The van der Waals surface area contributed by atoms with Crippen molar-refractivity contribution in [1.82, 2.24) is 5.32 Å². The van der Waals surface area contributed by atoms with Gasteiger partial charge in [-0.05, 0) is 25.8 Å². The van der Waals surface area contributed by atoms with Gasteiger partial charge in [-0.1, -0.05) is 25.3 Å². The first-order chi connectivity index (χ1) is 8.24. The van der Waals surface area contributed by atoms with E-state index in [1.54, 1.807) is 0 Å². The SMILES string of the molecule is Cc1cccc(NC(=O)NC2CCCCC2)[nH+]1. The van der Waals surface area contributed by atoms with Crippen LogP contribution in [0.3, 0.4) is 0 Å². The van der Waals surface area contributed by atoms with E-state index < -0.39 is 0 Å². The van der Waals surface area contributed by atoms with E-state index in [-0.39, 0.29) is 6.03 Å². The number of H-pyrrole nitrogens is 1. The first kappa shape index (κ1) is 11.9. The van der Waals surface area contributed by atoms with Gasteiger partial charge >= 0.3 is 6.03 Å². The molecule has 4 nitrogen and oxygen atoms in total. The summed E-state index contributed by atoms with van der Waals surface area (Å²) < 4.78 is 0. The summed E-state index contributed by atoms with van der Waals surface area (Å²) in [5.41, 5.74) is 1.03. The maximum Gasteiger partial charge on any atom is 0.406 e. The number of hydrogen-bond donors (Lipinski definition) is 2. The highest BCUT2D eigenvalue weighted by atomic mass is 16.2. The molecule has 0 spiro atoms. The van der Waals surface area contributed by atoms with E-state index in [1.807, 2.05) is 25.1 Å². The molecule has 0 saturated heterocycles. The number of amides is 2. The molecule has 2 rings (SSSR count). The van der Waals surface area contributed by atoms with Crippen molar-refractivity contribution in [1.29, 1.82) is 0 Å². The van der Waals surface area contributed by atoms with Crippen LogP contribution < -0.4 is 15.6 Å². The number of aryl methyl sites for hydroxylation is 1. The Labute approximate surface area is 102 Å². The van der Waals surface area contributed by atoms with Crippen LogP contribution in [0.2, 0.25) is 0 Å².